The van der Waals surface area contributed by atoms with Crippen molar-refractivity contribution in [1.82, 2.24) is 9.55 Å². The summed E-state index contributed by atoms with van der Waals surface area (Å²) in [6.07, 6.45) is 2.44. The Morgan fingerprint density at radius 1 is 1.45 bits per heavy atom. The highest BCUT2D eigenvalue weighted by atomic mass is 35.5. The number of rotatable bonds is 4. The first kappa shape index (κ1) is 14.5. The van der Waals surface area contributed by atoms with Crippen LogP contribution < -0.4 is 5.32 Å². The zero-order valence-electron chi connectivity index (χ0n) is 10.7. The predicted octanol–water partition coefficient (Wildman–Crippen LogP) is 3.48. The van der Waals surface area contributed by atoms with Gasteiger partial charge >= 0.3 is 0 Å². The molecule has 4 nitrogen and oxygen atoms in total. The number of hydrogen-bond donors (Lipinski definition) is 1. The second kappa shape index (κ2) is 6.00. The first-order chi connectivity index (χ1) is 9.51. The van der Waals surface area contributed by atoms with Crippen LogP contribution in [-0.4, -0.2) is 15.5 Å². The Morgan fingerprint density at radius 3 is 2.85 bits per heavy atom. The molecule has 2 aromatic heterocycles. The lowest BCUT2D eigenvalue weighted by atomic mass is 10.3. The van der Waals surface area contributed by atoms with Gasteiger partial charge in [-0.05, 0) is 24.6 Å². The molecule has 106 valence electrons. The first-order valence-electron chi connectivity index (χ1n) is 6.00. The number of pyridine rings is 1. The van der Waals surface area contributed by atoms with Crippen molar-refractivity contribution < 1.29 is 13.6 Å². The monoisotopic (exact) mass is 299 g/mol. The summed E-state index contributed by atoms with van der Waals surface area (Å²) >= 11 is 5.86. The Bertz CT molecular complexity index is 643. The summed E-state index contributed by atoms with van der Waals surface area (Å²) in [6.45, 7) is 2.57. The Morgan fingerprint density at radius 2 is 2.20 bits per heavy atom. The van der Waals surface area contributed by atoms with Crippen LogP contribution in [0.5, 0.6) is 0 Å². The lowest BCUT2D eigenvalue weighted by Gasteiger charge is -2.08. The number of nitrogens with zero attached hydrogens (tertiary/aromatic N) is 2. The van der Waals surface area contributed by atoms with E-state index in [0.29, 0.717) is 17.3 Å². The van der Waals surface area contributed by atoms with Crippen LogP contribution in [0.4, 0.5) is 14.5 Å². The van der Waals surface area contributed by atoms with E-state index in [2.05, 4.69) is 10.3 Å². The molecule has 0 saturated heterocycles. The van der Waals surface area contributed by atoms with Crippen molar-refractivity contribution in [3.05, 3.63) is 47.0 Å². The van der Waals surface area contributed by atoms with Crippen LogP contribution in [-0.2, 0) is 6.54 Å². The minimum Gasteiger partial charge on any atom is -0.342 e. The number of hydrogen-bond acceptors (Lipinski definition) is 2. The number of carbonyl (C=O) groups is 1. The largest absolute Gasteiger partial charge is 0.342 e. The molecule has 0 aliphatic carbocycles. The molecule has 0 aromatic carbocycles. The van der Waals surface area contributed by atoms with Gasteiger partial charge in [-0.3, -0.25) is 4.79 Å². The van der Waals surface area contributed by atoms with E-state index in [9.17, 15) is 13.6 Å². The average Bonchev–Trinajstić information content (AvgIpc) is 2.74. The zero-order valence-corrected chi connectivity index (χ0v) is 11.4. The maximum atomic E-state index is 13.4. The van der Waals surface area contributed by atoms with Crippen molar-refractivity contribution in [1.29, 1.82) is 0 Å². The summed E-state index contributed by atoms with van der Waals surface area (Å²) in [5.74, 6) is -2.55. The molecule has 0 aliphatic rings. The van der Waals surface area contributed by atoms with E-state index in [1.54, 1.807) is 10.8 Å². The Kier molecular flexibility index (Phi) is 4.34. The van der Waals surface area contributed by atoms with Crippen LogP contribution >= 0.6 is 11.6 Å². The van der Waals surface area contributed by atoms with E-state index in [-0.39, 0.29) is 5.69 Å². The molecule has 0 unspecified atom stereocenters. The van der Waals surface area contributed by atoms with E-state index in [1.165, 1.54) is 6.07 Å². The van der Waals surface area contributed by atoms with Gasteiger partial charge in [-0.1, -0.05) is 18.5 Å². The fourth-order valence-corrected chi connectivity index (χ4v) is 2.00. The van der Waals surface area contributed by atoms with Gasteiger partial charge in [0.1, 0.15) is 5.69 Å². The van der Waals surface area contributed by atoms with Gasteiger partial charge < -0.3 is 9.88 Å². The third-order valence-electron chi connectivity index (χ3n) is 2.62. The van der Waals surface area contributed by atoms with Gasteiger partial charge in [0.25, 0.3) is 5.91 Å². The summed E-state index contributed by atoms with van der Waals surface area (Å²) in [7, 11) is 0. The molecular formula is C13H12ClF2N3O. The number of halogens is 3. The van der Waals surface area contributed by atoms with Gasteiger partial charge in [0.15, 0.2) is 0 Å². The van der Waals surface area contributed by atoms with Crippen molar-refractivity contribution in [2.24, 2.45) is 0 Å². The van der Waals surface area contributed by atoms with Crippen molar-refractivity contribution >= 4 is 23.2 Å². The number of nitrogens with one attached hydrogen (secondary N) is 1. The van der Waals surface area contributed by atoms with Gasteiger partial charge in [0.2, 0.25) is 11.9 Å². The lowest BCUT2D eigenvalue weighted by Crippen LogP contribution is -2.18. The Hall–Kier alpha value is -1.95. The quantitative estimate of drug-likeness (QED) is 0.879. The molecule has 2 rings (SSSR count). The van der Waals surface area contributed by atoms with Gasteiger partial charge in [0, 0.05) is 12.7 Å². The van der Waals surface area contributed by atoms with Gasteiger partial charge in [-0.25, -0.2) is 0 Å². The number of aryl methyl sites for hydroxylation is 1. The van der Waals surface area contributed by atoms with Crippen LogP contribution in [0.2, 0.25) is 5.02 Å². The molecule has 0 radical (unpaired) electrons. The molecule has 0 saturated carbocycles. The number of anilines is 1. The smallest absolute Gasteiger partial charge is 0.272 e. The number of amides is 1. The SMILES string of the molecule is CCCn1cc(Cl)cc1C(=O)Nc1ccc(F)nc1F. The molecule has 0 fully saturated rings. The summed E-state index contributed by atoms with van der Waals surface area (Å²) in [5, 5.41) is 2.76. The van der Waals surface area contributed by atoms with Crippen LogP contribution in [0.3, 0.4) is 0 Å². The molecule has 1 N–H and O–H groups in total. The minimum atomic E-state index is -1.07. The van der Waals surface area contributed by atoms with Crippen molar-refractivity contribution in [3.8, 4) is 0 Å². The van der Waals surface area contributed by atoms with Crippen LogP contribution in [0, 0.1) is 11.9 Å². The second-order valence-corrected chi connectivity index (χ2v) is 4.60. The second-order valence-electron chi connectivity index (χ2n) is 4.16. The average molecular weight is 300 g/mol. The Balaban J connectivity index is 2.23. The number of carbonyl (C=O) groups excluding carboxylic acids is 1. The van der Waals surface area contributed by atoms with Crippen LogP contribution in [0.15, 0.2) is 24.4 Å². The van der Waals surface area contributed by atoms with E-state index < -0.39 is 17.8 Å². The summed E-state index contributed by atoms with van der Waals surface area (Å²) in [5.41, 5.74) is 0.123. The maximum absolute atomic E-state index is 13.4. The highest BCUT2D eigenvalue weighted by molar-refractivity contribution is 6.31. The molecule has 20 heavy (non-hydrogen) atoms. The minimum absolute atomic E-state index is 0.184. The molecule has 2 aromatic rings. The molecule has 7 heteroatoms. The lowest BCUT2D eigenvalue weighted by molar-refractivity contribution is 0.101. The molecule has 0 spiro atoms. The predicted molar refractivity (Wildman–Crippen MR) is 71.8 cm³/mol. The fraction of sp³-hybridized carbons (Fsp3) is 0.231. The van der Waals surface area contributed by atoms with E-state index in [0.717, 1.165) is 18.6 Å². The van der Waals surface area contributed by atoms with E-state index in [1.807, 2.05) is 6.92 Å². The summed E-state index contributed by atoms with van der Waals surface area (Å²) < 4.78 is 27.7. The highest BCUT2D eigenvalue weighted by Gasteiger charge is 2.15. The molecule has 1 amide bonds. The van der Waals surface area contributed by atoms with Crippen molar-refractivity contribution in [2.45, 2.75) is 19.9 Å². The standard InChI is InChI=1S/C13H12ClF2N3O/c1-2-5-19-7-8(14)6-10(19)13(20)17-9-3-4-11(15)18-12(9)16/h3-4,6-7H,2,5H2,1H3,(H,17,20). The molecular weight excluding hydrogens is 288 g/mol. The normalized spacial score (nSPS) is 10.6. The highest BCUT2D eigenvalue weighted by Crippen LogP contribution is 2.18. The van der Waals surface area contributed by atoms with E-state index >= 15 is 0 Å². The number of aromatic nitrogens is 2. The van der Waals surface area contributed by atoms with Crippen LogP contribution in [0.1, 0.15) is 23.8 Å². The van der Waals surface area contributed by atoms with Gasteiger partial charge in [-0.15, -0.1) is 0 Å². The summed E-state index contributed by atoms with van der Waals surface area (Å²) in [4.78, 5) is 15.1. The summed E-state index contributed by atoms with van der Waals surface area (Å²) in [6, 6.07) is 3.57. The topological polar surface area (TPSA) is 46.9 Å². The van der Waals surface area contributed by atoms with E-state index in [4.69, 9.17) is 11.6 Å². The Labute approximate surface area is 119 Å². The van der Waals surface area contributed by atoms with Gasteiger partial charge in [-0.2, -0.15) is 13.8 Å². The molecule has 0 bridgehead atoms. The zero-order chi connectivity index (χ0) is 14.7. The first-order valence-corrected chi connectivity index (χ1v) is 6.38. The third kappa shape index (κ3) is 3.14. The maximum Gasteiger partial charge on any atom is 0.272 e. The fourth-order valence-electron chi connectivity index (χ4n) is 1.78. The molecule has 2 heterocycles. The van der Waals surface area contributed by atoms with Crippen molar-refractivity contribution in [3.63, 3.8) is 0 Å². The van der Waals surface area contributed by atoms with Crippen LogP contribution in [0.25, 0.3) is 0 Å². The third-order valence-corrected chi connectivity index (χ3v) is 2.83. The van der Waals surface area contributed by atoms with Crippen molar-refractivity contribution in [2.75, 3.05) is 5.32 Å². The molecule has 0 atom stereocenters. The van der Waals surface area contributed by atoms with Gasteiger partial charge in [0.05, 0.1) is 10.7 Å². The molecule has 0 aliphatic heterocycles.